The number of amides is 1. The largest absolute Gasteiger partial charge is 0.343 e. The van der Waals surface area contributed by atoms with E-state index in [9.17, 15) is 4.79 Å². The van der Waals surface area contributed by atoms with Gasteiger partial charge in [-0.3, -0.25) is 14.6 Å². The third kappa shape index (κ3) is 2.59. The molecule has 3 aliphatic heterocycles. The number of rotatable bonds is 2. The first kappa shape index (κ1) is 16.8. The Morgan fingerprint density at radius 3 is 2.67 bits per heavy atom. The lowest BCUT2D eigenvalue weighted by Gasteiger charge is -2.58. The summed E-state index contributed by atoms with van der Waals surface area (Å²) in [7, 11) is 1.95. The number of hydrogen-bond donors (Lipinski definition) is 2. The SMILES string of the molecule is CN1CCN2CCN(C3(C4CCCC4)CCNCC3N)CC2C1=O. The monoisotopic (exact) mass is 335 g/mol. The van der Waals surface area contributed by atoms with Gasteiger partial charge in [0.1, 0.15) is 6.04 Å². The second kappa shape index (κ2) is 6.56. The molecule has 0 aromatic carbocycles. The molecular weight excluding hydrogens is 302 g/mol. The van der Waals surface area contributed by atoms with E-state index in [-0.39, 0.29) is 17.6 Å². The van der Waals surface area contributed by atoms with E-state index in [0.717, 1.165) is 52.2 Å². The quantitative estimate of drug-likeness (QED) is 0.725. The first-order chi connectivity index (χ1) is 11.6. The molecule has 3 unspecified atom stereocenters. The highest BCUT2D eigenvalue weighted by Crippen LogP contribution is 2.43. The van der Waals surface area contributed by atoms with E-state index in [2.05, 4.69) is 15.1 Å². The number of carbonyl (C=O) groups excluding carboxylic acids is 1. The fourth-order valence-electron chi connectivity index (χ4n) is 5.84. The van der Waals surface area contributed by atoms with E-state index in [1.807, 2.05) is 11.9 Å². The van der Waals surface area contributed by atoms with Gasteiger partial charge >= 0.3 is 0 Å². The highest BCUT2D eigenvalue weighted by molar-refractivity contribution is 5.82. The van der Waals surface area contributed by atoms with E-state index < -0.39 is 0 Å². The summed E-state index contributed by atoms with van der Waals surface area (Å²) in [6, 6.07) is 0.218. The highest BCUT2D eigenvalue weighted by Gasteiger charge is 2.52. The smallest absolute Gasteiger partial charge is 0.241 e. The molecule has 3 saturated heterocycles. The third-order valence-corrected chi connectivity index (χ3v) is 7.23. The Hall–Kier alpha value is -0.690. The zero-order valence-electron chi connectivity index (χ0n) is 15.0. The maximum Gasteiger partial charge on any atom is 0.241 e. The first-order valence-corrected chi connectivity index (χ1v) is 9.83. The molecule has 6 heteroatoms. The summed E-state index contributed by atoms with van der Waals surface area (Å²) >= 11 is 0. The van der Waals surface area contributed by atoms with Crippen molar-refractivity contribution in [2.75, 3.05) is 52.9 Å². The van der Waals surface area contributed by atoms with Crippen LogP contribution in [-0.4, -0.2) is 91.1 Å². The van der Waals surface area contributed by atoms with Crippen molar-refractivity contribution in [3.05, 3.63) is 0 Å². The van der Waals surface area contributed by atoms with Crippen molar-refractivity contribution >= 4 is 5.91 Å². The first-order valence-electron chi connectivity index (χ1n) is 9.83. The molecule has 0 aromatic rings. The van der Waals surface area contributed by atoms with Gasteiger partial charge in [-0.2, -0.15) is 0 Å². The van der Waals surface area contributed by atoms with Gasteiger partial charge in [0.05, 0.1) is 0 Å². The van der Waals surface area contributed by atoms with Gasteiger partial charge in [-0.1, -0.05) is 12.8 Å². The van der Waals surface area contributed by atoms with Crippen LogP contribution in [0.15, 0.2) is 0 Å². The van der Waals surface area contributed by atoms with E-state index in [1.54, 1.807) is 0 Å². The summed E-state index contributed by atoms with van der Waals surface area (Å²) in [5.41, 5.74) is 6.84. The van der Waals surface area contributed by atoms with Crippen molar-refractivity contribution in [3.8, 4) is 0 Å². The number of nitrogens with zero attached hydrogens (tertiary/aromatic N) is 3. The predicted octanol–water partition coefficient (Wildman–Crippen LogP) is -0.306. The van der Waals surface area contributed by atoms with Crippen LogP contribution in [0, 0.1) is 5.92 Å². The van der Waals surface area contributed by atoms with Crippen LogP contribution in [0.4, 0.5) is 0 Å². The molecule has 0 aromatic heterocycles. The Labute approximate surface area is 145 Å². The van der Waals surface area contributed by atoms with Gasteiger partial charge < -0.3 is 16.0 Å². The zero-order valence-corrected chi connectivity index (χ0v) is 15.0. The molecule has 4 rings (SSSR count). The van der Waals surface area contributed by atoms with Gasteiger partial charge in [-0.15, -0.1) is 0 Å². The zero-order chi connectivity index (χ0) is 16.7. The molecular formula is C18H33N5O. The number of hydrogen-bond acceptors (Lipinski definition) is 5. The summed E-state index contributed by atoms with van der Waals surface area (Å²) < 4.78 is 0. The molecule has 136 valence electrons. The molecule has 3 N–H and O–H groups in total. The number of piperidine rings is 1. The van der Waals surface area contributed by atoms with Crippen LogP contribution in [-0.2, 0) is 4.79 Å². The van der Waals surface area contributed by atoms with Crippen molar-refractivity contribution in [1.82, 2.24) is 20.0 Å². The van der Waals surface area contributed by atoms with Crippen LogP contribution < -0.4 is 11.1 Å². The van der Waals surface area contributed by atoms with Crippen LogP contribution >= 0.6 is 0 Å². The van der Waals surface area contributed by atoms with Crippen LogP contribution in [0.2, 0.25) is 0 Å². The fourth-order valence-corrected chi connectivity index (χ4v) is 5.84. The van der Waals surface area contributed by atoms with Crippen molar-refractivity contribution in [3.63, 3.8) is 0 Å². The molecule has 6 nitrogen and oxygen atoms in total. The maximum absolute atomic E-state index is 12.7. The van der Waals surface area contributed by atoms with Crippen molar-refractivity contribution in [2.24, 2.45) is 11.7 Å². The third-order valence-electron chi connectivity index (χ3n) is 7.23. The molecule has 3 atom stereocenters. The van der Waals surface area contributed by atoms with Gasteiger partial charge in [0, 0.05) is 57.9 Å². The lowest BCUT2D eigenvalue weighted by Crippen LogP contribution is -2.74. The Balaban J connectivity index is 1.60. The Morgan fingerprint density at radius 1 is 1.17 bits per heavy atom. The Morgan fingerprint density at radius 2 is 1.92 bits per heavy atom. The summed E-state index contributed by atoms with van der Waals surface area (Å²) in [6.45, 7) is 6.80. The van der Waals surface area contributed by atoms with Crippen molar-refractivity contribution in [2.45, 2.75) is 49.7 Å². The minimum absolute atomic E-state index is 0.0397. The van der Waals surface area contributed by atoms with Gasteiger partial charge in [-0.05, 0) is 31.7 Å². The number of nitrogens with two attached hydrogens (primary N) is 1. The molecule has 0 spiro atoms. The molecule has 3 heterocycles. The number of fused-ring (bicyclic) bond motifs is 1. The van der Waals surface area contributed by atoms with Crippen LogP contribution in [0.25, 0.3) is 0 Å². The van der Waals surface area contributed by atoms with E-state index >= 15 is 0 Å². The second-order valence-electron chi connectivity index (χ2n) is 8.29. The minimum atomic E-state index is 0.0397. The number of likely N-dealkylation sites (N-methyl/N-ethyl adjacent to an activating group) is 1. The topological polar surface area (TPSA) is 64.8 Å². The minimum Gasteiger partial charge on any atom is -0.343 e. The number of carbonyl (C=O) groups is 1. The molecule has 4 aliphatic rings. The normalized spacial score (nSPS) is 40.1. The van der Waals surface area contributed by atoms with E-state index in [1.165, 1.54) is 25.7 Å². The summed E-state index contributed by atoms with van der Waals surface area (Å²) in [5, 5.41) is 3.49. The fraction of sp³-hybridized carbons (Fsp3) is 0.944. The predicted molar refractivity (Wildman–Crippen MR) is 94.7 cm³/mol. The molecule has 24 heavy (non-hydrogen) atoms. The van der Waals surface area contributed by atoms with Crippen molar-refractivity contribution in [1.29, 1.82) is 0 Å². The number of nitrogens with one attached hydrogen (secondary N) is 1. The second-order valence-corrected chi connectivity index (χ2v) is 8.29. The lowest BCUT2D eigenvalue weighted by atomic mass is 9.70. The average molecular weight is 335 g/mol. The van der Waals surface area contributed by atoms with E-state index in [0.29, 0.717) is 11.8 Å². The summed E-state index contributed by atoms with van der Waals surface area (Å²) in [4.78, 5) is 19.7. The Bertz CT molecular complexity index is 480. The van der Waals surface area contributed by atoms with Crippen LogP contribution in [0.5, 0.6) is 0 Å². The van der Waals surface area contributed by atoms with Crippen LogP contribution in [0.3, 0.4) is 0 Å². The molecule has 1 saturated carbocycles. The summed E-state index contributed by atoms with van der Waals surface area (Å²) in [6.07, 6.45) is 6.45. The molecule has 4 fully saturated rings. The van der Waals surface area contributed by atoms with Crippen LogP contribution in [0.1, 0.15) is 32.1 Å². The van der Waals surface area contributed by atoms with Gasteiger partial charge in [0.15, 0.2) is 0 Å². The Kier molecular flexibility index (Phi) is 4.58. The molecule has 0 radical (unpaired) electrons. The lowest BCUT2D eigenvalue weighted by molar-refractivity contribution is -0.147. The standard InChI is InChI=1S/C18H33N5O/c1-21-8-9-22-10-11-23(13-15(22)17(21)24)18(14-4-2-3-5-14)6-7-20-12-16(18)19/h14-16,20H,2-13,19H2,1H3. The van der Waals surface area contributed by atoms with Crippen molar-refractivity contribution < 1.29 is 4.79 Å². The summed E-state index contributed by atoms with van der Waals surface area (Å²) in [5.74, 6) is 1.01. The van der Waals surface area contributed by atoms with Gasteiger partial charge in [0.2, 0.25) is 5.91 Å². The maximum atomic E-state index is 12.7. The van der Waals surface area contributed by atoms with Gasteiger partial charge in [-0.25, -0.2) is 0 Å². The number of piperazine rings is 2. The molecule has 1 aliphatic carbocycles. The van der Waals surface area contributed by atoms with Gasteiger partial charge in [0.25, 0.3) is 0 Å². The molecule has 1 amide bonds. The average Bonchev–Trinajstić information content (AvgIpc) is 3.14. The van der Waals surface area contributed by atoms with E-state index in [4.69, 9.17) is 5.73 Å². The highest BCUT2D eigenvalue weighted by atomic mass is 16.2. The molecule has 0 bridgehead atoms.